The zero-order valence-electron chi connectivity index (χ0n) is 23.4. The number of ether oxygens (including phenoxy) is 4. The highest BCUT2D eigenvalue weighted by Gasteiger charge is 2.05. The van der Waals surface area contributed by atoms with Gasteiger partial charge in [-0.05, 0) is 32.2 Å². The molecular weight excluding hydrogens is 511 g/mol. The maximum atomic E-state index is 10.4. The Morgan fingerprint density at radius 3 is 1.44 bits per heavy atom. The van der Waals surface area contributed by atoms with E-state index in [0.717, 1.165) is 12.6 Å². The number of hydrogen-bond donors (Lipinski definition) is 3. The fourth-order valence-electron chi connectivity index (χ4n) is 1.61. The van der Waals surface area contributed by atoms with E-state index in [0.29, 0.717) is 72.1 Å². The maximum absolute atomic E-state index is 10.4. The van der Waals surface area contributed by atoms with Gasteiger partial charge in [0, 0.05) is 19.5 Å². The van der Waals surface area contributed by atoms with Crippen molar-refractivity contribution >= 4 is 36.7 Å². The summed E-state index contributed by atoms with van der Waals surface area (Å²) in [7, 11) is 1.50. The predicted molar refractivity (Wildman–Crippen MR) is 149 cm³/mol. The van der Waals surface area contributed by atoms with Crippen molar-refractivity contribution in [2.24, 2.45) is 11.5 Å². The number of rotatable bonds is 20. The van der Waals surface area contributed by atoms with Crippen molar-refractivity contribution < 1.29 is 42.7 Å². The second-order valence-corrected chi connectivity index (χ2v) is 9.90. The predicted octanol–water partition coefficient (Wildman–Crippen LogP) is 2.10. The number of aldehydes is 2. The Kier molecular flexibility index (Phi) is 52.1. The van der Waals surface area contributed by atoms with Gasteiger partial charge in [-0.2, -0.15) is 0 Å². The van der Waals surface area contributed by atoms with E-state index in [-0.39, 0.29) is 12.4 Å². The first-order valence-electron chi connectivity index (χ1n) is 12.2. The van der Waals surface area contributed by atoms with E-state index in [1.54, 1.807) is 0 Å². The van der Waals surface area contributed by atoms with Crippen LogP contribution in [0.2, 0.25) is 0 Å². The quantitative estimate of drug-likeness (QED) is 0.112. The molecule has 11 nitrogen and oxygen atoms in total. The van der Waals surface area contributed by atoms with Crippen LogP contribution < -0.4 is 11.5 Å². The smallest absolute Gasteiger partial charge is 0.183 e. The molecule has 0 rings (SSSR count). The summed E-state index contributed by atoms with van der Waals surface area (Å²) < 4.78 is 25.9. The van der Waals surface area contributed by atoms with Crippen LogP contribution in [0, 0.1) is 0 Å². The largest absolute Gasteiger partial charge is 0.379 e. The molecule has 0 bridgehead atoms. The molecule has 0 aromatic heterocycles. The summed E-state index contributed by atoms with van der Waals surface area (Å²) in [6, 6.07) is -0.449. The Morgan fingerprint density at radius 2 is 1.14 bits per heavy atom. The van der Waals surface area contributed by atoms with E-state index in [1.165, 1.54) is 20.6 Å². The highest BCUT2D eigenvalue weighted by molar-refractivity contribution is 8.09. The summed E-state index contributed by atoms with van der Waals surface area (Å²) >= 11 is 4.71. The summed E-state index contributed by atoms with van der Waals surface area (Å²) in [5, 5.41) is 0. The minimum absolute atomic E-state index is 0.0585. The summed E-state index contributed by atoms with van der Waals surface area (Å²) in [6.45, 7) is 12.3. The third kappa shape index (κ3) is 54.3. The van der Waals surface area contributed by atoms with Gasteiger partial charge < -0.3 is 49.4 Å². The molecule has 13 heteroatoms. The molecule has 2 unspecified atom stereocenters. The second-order valence-electron chi connectivity index (χ2n) is 6.00. The van der Waals surface area contributed by atoms with Gasteiger partial charge in [-0.25, -0.2) is 0 Å². The van der Waals surface area contributed by atoms with Crippen molar-refractivity contribution in [3.8, 4) is 0 Å². The Bertz CT molecular complexity index is 485. The summed E-state index contributed by atoms with van der Waals surface area (Å²) in [4.78, 5) is 39.4. The molecule has 0 radical (unpaired) electrons. The van der Waals surface area contributed by atoms with Crippen molar-refractivity contribution in [1.82, 2.24) is 0 Å². The van der Waals surface area contributed by atoms with Crippen molar-refractivity contribution in [2.45, 2.75) is 59.9 Å². The summed E-state index contributed by atoms with van der Waals surface area (Å²) in [5.41, 5.74) is 9.79. The van der Waals surface area contributed by atoms with E-state index in [1.807, 2.05) is 27.7 Å². The number of hydrogen-bond acceptors (Lipinski definition) is 11. The lowest BCUT2D eigenvalue weighted by atomic mass is 10.1. The topological polar surface area (TPSA) is 170 Å². The van der Waals surface area contributed by atoms with Crippen LogP contribution in [0.25, 0.3) is 0 Å². The Morgan fingerprint density at radius 1 is 0.806 bits per heavy atom. The average molecular weight is 565 g/mol. The minimum atomic E-state index is -2.57. The fourth-order valence-corrected chi connectivity index (χ4v) is 2.25. The first-order chi connectivity index (χ1) is 17.2. The number of nitrogens with two attached hydrogens (primary N) is 2. The van der Waals surface area contributed by atoms with Gasteiger partial charge in [0.1, 0.15) is 18.4 Å². The first-order valence-corrected chi connectivity index (χ1v) is 15.3. The van der Waals surface area contributed by atoms with Crippen LogP contribution in [0.15, 0.2) is 0 Å². The molecule has 0 saturated heterocycles. The zero-order valence-corrected chi connectivity index (χ0v) is 25.2. The molecule has 36 heavy (non-hydrogen) atoms. The van der Waals surface area contributed by atoms with Crippen molar-refractivity contribution in [1.29, 1.82) is 0 Å². The second kappa shape index (κ2) is 41.5. The van der Waals surface area contributed by atoms with Gasteiger partial charge in [0.05, 0.1) is 65.5 Å². The highest BCUT2D eigenvalue weighted by Crippen LogP contribution is 2.36. The van der Waals surface area contributed by atoms with Crippen molar-refractivity contribution in [3.05, 3.63) is 0 Å². The molecule has 0 spiro atoms. The fraction of sp³-hybridized carbons (Fsp3) is 0.870. The number of carbonyl (C=O) groups is 3. The van der Waals surface area contributed by atoms with Gasteiger partial charge in [0.25, 0.3) is 0 Å². The molecule has 0 amide bonds. The molecule has 0 aromatic rings. The van der Waals surface area contributed by atoms with E-state index < -0.39 is 12.5 Å². The van der Waals surface area contributed by atoms with Gasteiger partial charge in [-0.3, -0.25) is 4.79 Å². The Balaban J connectivity index is -0.000000178. The molecule has 2 atom stereocenters. The highest BCUT2D eigenvalue weighted by atomic mass is 32.5. The molecule has 220 valence electrons. The van der Waals surface area contributed by atoms with Crippen molar-refractivity contribution in [3.63, 3.8) is 0 Å². The maximum Gasteiger partial charge on any atom is 0.183 e. The van der Waals surface area contributed by atoms with Crippen LogP contribution in [-0.2, 0) is 49.7 Å². The molecule has 0 aliphatic heterocycles. The summed E-state index contributed by atoms with van der Waals surface area (Å²) in [5.74, 6) is -0.0585. The molecule has 0 aliphatic carbocycles. The van der Waals surface area contributed by atoms with Crippen LogP contribution >= 0.6 is 6.49 Å². The molecular formula is C23H53N2O9PS. The van der Waals surface area contributed by atoms with Crippen LogP contribution in [0.4, 0.5) is 0 Å². The number of carbonyl (C=O) groups excluding carboxylic acids is 3. The minimum Gasteiger partial charge on any atom is -0.379 e. The number of ketones is 1. The van der Waals surface area contributed by atoms with Gasteiger partial charge in [0.2, 0.25) is 0 Å². The molecule has 0 heterocycles. The van der Waals surface area contributed by atoms with E-state index >= 15 is 0 Å². The zero-order chi connectivity index (χ0) is 29.1. The van der Waals surface area contributed by atoms with Crippen molar-refractivity contribution in [2.75, 3.05) is 73.2 Å². The van der Waals surface area contributed by atoms with Gasteiger partial charge in [-0.15, -0.1) is 0 Å². The van der Waals surface area contributed by atoms with Gasteiger partial charge in [-0.1, -0.05) is 27.7 Å². The third-order valence-electron chi connectivity index (χ3n) is 3.17. The lowest BCUT2D eigenvalue weighted by Crippen LogP contribution is -2.27. The molecule has 0 fully saturated rings. The third-order valence-corrected chi connectivity index (χ3v) is 4.15. The monoisotopic (exact) mass is 564 g/mol. The molecule has 5 N–H and O–H groups in total. The molecule has 0 aromatic carbocycles. The van der Waals surface area contributed by atoms with E-state index in [9.17, 15) is 19.3 Å². The summed E-state index contributed by atoms with van der Waals surface area (Å²) in [6.07, 6.45) is 2.85. The standard InChI is InChI=1S/C12H25O7PS.C6H11NO2.2C2H6.CH5N/c1-20(14,21)19-12-11-18-10-9-17-8-7-16-6-5-15-4-2-3-13;1-5(9)6(7)3-2-4-8;3*1-2/h3H,2,4-12H2,1H3,(H,14,21);4,6H,2-3,7H2,1H3;2*1-2H3;2H2,1H3. The van der Waals surface area contributed by atoms with E-state index in [4.69, 9.17) is 41.0 Å². The lowest BCUT2D eigenvalue weighted by molar-refractivity contribution is -0.118. The van der Waals surface area contributed by atoms with Crippen LogP contribution in [0.5, 0.6) is 0 Å². The Labute approximate surface area is 224 Å². The Hall–Kier alpha value is -0.660. The molecule has 0 saturated carbocycles. The number of Topliss-reactive ketones (excluding diaryl/α,β-unsaturated/α-hetero) is 1. The first kappa shape index (κ1) is 45.3. The van der Waals surface area contributed by atoms with Gasteiger partial charge >= 0.3 is 0 Å². The lowest BCUT2D eigenvalue weighted by Gasteiger charge is -2.10. The SMILES string of the molecule is CC.CC.CC(=O)C(N)CCC=O.CN.CP(O)(=S)OCCOCCOCCOCCOCCC=O. The van der Waals surface area contributed by atoms with E-state index in [2.05, 4.69) is 5.73 Å². The van der Waals surface area contributed by atoms with Crippen LogP contribution in [0.1, 0.15) is 53.9 Å². The normalized spacial score (nSPS) is 11.8. The average Bonchev–Trinajstić information content (AvgIpc) is 2.88. The van der Waals surface area contributed by atoms with Crippen LogP contribution in [-0.4, -0.2) is 102 Å². The van der Waals surface area contributed by atoms with Gasteiger partial charge in [0.15, 0.2) is 6.49 Å². The molecule has 0 aliphatic rings. The van der Waals surface area contributed by atoms with Crippen LogP contribution in [0.3, 0.4) is 0 Å².